The number of piperidine rings is 1. The van der Waals surface area contributed by atoms with E-state index in [2.05, 4.69) is 30.1 Å². The van der Waals surface area contributed by atoms with Gasteiger partial charge < -0.3 is 9.80 Å². The number of rotatable bonds is 8. The van der Waals surface area contributed by atoms with Crippen molar-refractivity contribution in [3.63, 3.8) is 0 Å². The van der Waals surface area contributed by atoms with Crippen LogP contribution in [-0.2, 0) is 0 Å². The van der Waals surface area contributed by atoms with Crippen molar-refractivity contribution in [3.05, 3.63) is 6.42 Å². The normalized spacial score (nSPS) is 18.2. The summed E-state index contributed by atoms with van der Waals surface area (Å²) < 4.78 is 0. The van der Waals surface area contributed by atoms with Gasteiger partial charge in [-0.3, -0.25) is 0 Å². The van der Waals surface area contributed by atoms with Crippen molar-refractivity contribution in [1.82, 2.24) is 9.80 Å². The quantitative estimate of drug-likeness (QED) is 0.586. The molecule has 0 aromatic heterocycles. The van der Waals surface area contributed by atoms with Crippen LogP contribution in [0.5, 0.6) is 0 Å². The third-order valence-electron chi connectivity index (χ3n) is 3.64. The molecule has 95 valence electrons. The van der Waals surface area contributed by atoms with E-state index in [0.29, 0.717) is 0 Å². The minimum Gasteiger partial charge on any atom is -0.304 e. The number of hydrogen-bond donors (Lipinski definition) is 0. The highest BCUT2D eigenvalue weighted by atomic mass is 15.1. The minimum absolute atomic E-state index is 1.21. The van der Waals surface area contributed by atoms with Crippen molar-refractivity contribution in [2.75, 3.05) is 39.3 Å². The van der Waals surface area contributed by atoms with E-state index in [1.165, 1.54) is 71.4 Å². The third kappa shape index (κ3) is 5.86. The molecule has 1 fully saturated rings. The lowest BCUT2D eigenvalue weighted by atomic mass is 10.1. The highest BCUT2D eigenvalue weighted by molar-refractivity contribution is 4.76. The maximum atomic E-state index is 2.62. The summed E-state index contributed by atoms with van der Waals surface area (Å²) in [6, 6.07) is 0. The number of nitrogens with zero attached hydrogens (tertiary/aromatic N) is 2. The van der Waals surface area contributed by atoms with Gasteiger partial charge in [0.15, 0.2) is 0 Å². The summed E-state index contributed by atoms with van der Waals surface area (Å²) >= 11 is 0. The average Bonchev–Trinajstić information content (AvgIpc) is 2.35. The fourth-order valence-corrected chi connectivity index (χ4v) is 2.41. The Kier molecular flexibility index (Phi) is 7.87. The zero-order valence-electron chi connectivity index (χ0n) is 11.2. The van der Waals surface area contributed by atoms with E-state index in [0.717, 1.165) is 0 Å². The molecule has 2 nitrogen and oxygen atoms in total. The first kappa shape index (κ1) is 14.0. The summed E-state index contributed by atoms with van der Waals surface area (Å²) in [6.07, 6.45) is 9.20. The van der Waals surface area contributed by atoms with Crippen LogP contribution in [0.4, 0.5) is 0 Å². The van der Waals surface area contributed by atoms with E-state index < -0.39 is 0 Å². The number of likely N-dealkylation sites (tertiary alicyclic amines) is 1. The predicted octanol–water partition coefficient (Wildman–Crippen LogP) is 2.80. The summed E-state index contributed by atoms with van der Waals surface area (Å²) in [4.78, 5) is 5.15. The molecule has 0 unspecified atom stereocenters. The van der Waals surface area contributed by atoms with Gasteiger partial charge in [0.1, 0.15) is 0 Å². The Balaban J connectivity index is 1.90. The van der Waals surface area contributed by atoms with E-state index in [4.69, 9.17) is 0 Å². The molecule has 1 radical (unpaired) electrons. The Hall–Kier alpha value is -0.0800. The topological polar surface area (TPSA) is 6.48 Å². The summed E-state index contributed by atoms with van der Waals surface area (Å²) in [5, 5.41) is 0. The second kappa shape index (κ2) is 9.00. The molecule has 0 spiro atoms. The average molecular weight is 225 g/mol. The van der Waals surface area contributed by atoms with Crippen LogP contribution in [0.15, 0.2) is 0 Å². The number of unbranched alkanes of at least 4 members (excludes halogenated alkanes) is 2. The maximum absolute atomic E-state index is 2.62. The molecule has 0 N–H and O–H groups in total. The van der Waals surface area contributed by atoms with Crippen molar-refractivity contribution in [1.29, 1.82) is 0 Å². The van der Waals surface area contributed by atoms with Gasteiger partial charge in [-0.05, 0) is 71.4 Å². The van der Waals surface area contributed by atoms with Gasteiger partial charge in [-0.2, -0.15) is 0 Å². The molecular weight excluding hydrogens is 196 g/mol. The Bertz CT molecular complexity index is 149. The van der Waals surface area contributed by atoms with Gasteiger partial charge in [0.25, 0.3) is 0 Å². The van der Waals surface area contributed by atoms with Crippen molar-refractivity contribution in [3.8, 4) is 0 Å². The highest BCUT2D eigenvalue weighted by Crippen LogP contribution is 2.09. The molecular formula is C14H29N2. The van der Waals surface area contributed by atoms with Crippen molar-refractivity contribution < 1.29 is 0 Å². The van der Waals surface area contributed by atoms with Crippen LogP contribution in [0.3, 0.4) is 0 Å². The molecule has 1 heterocycles. The molecule has 0 aromatic rings. The smallest absolute Gasteiger partial charge is 0.00160 e. The van der Waals surface area contributed by atoms with Crippen molar-refractivity contribution >= 4 is 0 Å². The predicted molar refractivity (Wildman–Crippen MR) is 71.6 cm³/mol. The molecule has 1 aliphatic heterocycles. The van der Waals surface area contributed by atoms with Crippen LogP contribution in [0.2, 0.25) is 0 Å². The molecule has 0 saturated carbocycles. The second-order valence-electron chi connectivity index (χ2n) is 4.80. The van der Waals surface area contributed by atoms with Crippen LogP contribution in [0, 0.1) is 6.42 Å². The maximum Gasteiger partial charge on any atom is -0.00160 e. The zero-order valence-corrected chi connectivity index (χ0v) is 11.2. The Labute approximate surface area is 102 Å². The van der Waals surface area contributed by atoms with E-state index in [1.54, 1.807) is 0 Å². The first-order chi connectivity index (χ1) is 7.86. The third-order valence-corrected chi connectivity index (χ3v) is 3.64. The van der Waals surface area contributed by atoms with Crippen molar-refractivity contribution in [2.24, 2.45) is 0 Å². The molecule has 1 aliphatic rings. The lowest BCUT2D eigenvalue weighted by Gasteiger charge is -2.26. The van der Waals surface area contributed by atoms with Gasteiger partial charge in [0.2, 0.25) is 0 Å². The van der Waals surface area contributed by atoms with Crippen LogP contribution in [0.25, 0.3) is 0 Å². The SMILES string of the molecule is CCN(CC)CCCCCN1CC[CH]CC1. The standard InChI is InChI=1S/C14H29N2/c1-3-15(4-2)11-7-5-8-12-16-13-9-6-10-14-16/h6H,3-5,7-14H2,1-2H3. The van der Waals surface area contributed by atoms with Gasteiger partial charge in [-0.25, -0.2) is 0 Å². The molecule has 1 saturated heterocycles. The lowest BCUT2D eigenvalue weighted by molar-refractivity contribution is 0.243. The first-order valence-corrected chi connectivity index (χ1v) is 7.13. The molecule has 0 aliphatic carbocycles. The van der Waals surface area contributed by atoms with Crippen LogP contribution < -0.4 is 0 Å². The molecule has 1 rings (SSSR count). The molecule has 0 atom stereocenters. The molecule has 16 heavy (non-hydrogen) atoms. The molecule has 0 bridgehead atoms. The molecule has 2 heteroatoms. The lowest BCUT2D eigenvalue weighted by Crippen LogP contribution is -2.31. The molecule has 0 amide bonds. The van der Waals surface area contributed by atoms with E-state index in [1.807, 2.05) is 0 Å². The van der Waals surface area contributed by atoms with Crippen LogP contribution in [0.1, 0.15) is 46.0 Å². The van der Waals surface area contributed by atoms with E-state index in [-0.39, 0.29) is 0 Å². The monoisotopic (exact) mass is 225 g/mol. The van der Waals surface area contributed by atoms with E-state index >= 15 is 0 Å². The van der Waals surface area contributed by atoms with Gasteiger partial charge in [0, 0.05) is 0 Å². The minimum atomic E-state index is 1.21. The molecule has 0 aromatic carbocycles. The van der Waals surface area contributed by atoms with Gasteiger partial charge in [-0.15, -0.1) is 0 Å². The van der Waals surface area contributed by atoms with Crippen LogP contribution in [-0.4, -0.2) is 49.1 Å². The summed E-state index contributed by atoms with van der Waals surface area (Å²) in [6.45, 7) is 12.2. The Morgan fingerprint density at radius 2 is 1.69 bits per heavy atom. The Morgan fingerprint density at radius 3 is 2.31 bits per heavy atom. The van der Waals surface area contributed by atoms with Gasteiger partial charge in [0.05, 0.1) is 0 Å². The Morgan fingerprint density at radius 1 is 1.00 bits per heavy atom. The summed E-state index contributed by atoms with van der Waals surface area (Å²) in [5.41, 5.74) is 0. The van der Waals surface area contributed by atoms with E-state index in [9.17, 15) is 0 Å². The first-order valence-electron chi connectivity index (χ1n) is 7.13. The van der Waals surface area contributed by atoms with Gasteiger partial charge in [-0.1, -0.05) is 20.3 Å². The summed E-state index contributed by atoms with van der Waals surface area (Å²) in [7, 11) is 0. The highest BCUT2D eigenvalue weighted by Gasteiger charge is 2.08. The second-order valence-corrected chi connectivity index (χ2v) is 4.80. The van der Waals surface area contributed by atoms with Gasteiger partial charge >= 0.3 is 0 Å². The number of hydrogen-bond acceptors (Lipinski definition) is 2. The summed E-state index contributed by atoms with van der Waals surface area (Å²) in [5.74, 6) is 0. The fourth-order valence-electron chi connectivity index (χ4n) is 2.41. The van der Waals surface area contributed by atoms with Crippen molar-refractivity contribution in [2.45, 2.75) is 46.0 Å². The largest absolute Gasteiger partial charge is 0.304 e. The zero-order chi connectivity index (χ0) is 11.6. The fraction of sp³-hybridized carbons (Fsp3) is 0.929. The van der Waals surface area contributed by atoms with Crippen LogP contribution >= 0.6 is 0 Å².